The van der Waals surface area contributed by atoms with Gasteiger partial charge in [-0.2, -0.15) is 0 Å². The summed E-state index contributed by atoms with van der Waals surface area (Å²) in [6.07, 6.45) is 0.696. The number of thiazole rings is 1. The van der Waals surface area contributed by atoms with Crippen LogP contribution in [0.5, 0.6) is 11.5 Å². The second kappa shape index (κ2) is 7.98. The number of methoxy groups -OCH3 is 2. The fraction of sp³-hybridized carbons (Fsp3) is 0.286. The number of aromatic nitrogens is 1. The maximum Gasteiger partial charge on any atom is 0.187 e. The van der Waals surface area contributed by atoms with E-state index in [4.69, 9.17) is 20.2 Å². The highest BCUT2D eigenvalue weighted by Crippen LogP contribution is 2.38. The lowest BCUT2D eigenvalue weighted by Crippen LogP contribution is -2.34. The quantitative estimate of drug-likeness (QED) is 0.610. The molecule has 0 bridgehead atoms. The van der Waals surface area contributed by atoms with Crippen LogP contribution in [0.1, 0.15) is 19.4 Å². The summed E-state index contributed by atoms with van der Waals surface area (Å²) in [4.78, 5) is 4.77. The van der Waals surface area contributed by atoms with E-state index >= 15 is 0 Å². The van der Waals surface area contributed by atoms with Crippen LogP contribution in [-0.4, -0.2) is 24.7 Å². The zero-order chi connectivity index (χ0) is 19.4. The maximum absolute atomic E-state index is 6.28. The van der Waals surface area contributed by atoms with Crippen molar-refractivity contribution < 1.29 is 9.47 Å². The molecule has 0 atom stereocenters. The minimum atomic E-state index is -0.352. The lowest BCUT2D eigenvalue weighted by atomic mass is 9.91. The summed E-state index contributed by atoms with van der Waals surface area (Å²) in [7, 11) is 3.28. The van der Waals surface area contributed by atoms with Crippen LogP contribution >= 0.6 is 11.3 Å². The van der Waals surface area contributed by atoms with Crippen LogP contribution in [-0.2, 0) is 6.42 Å². The molecule has 3 aromatic rings. The van der Waals surface area contributed by atoms with Gasteiger partial charge in [0.15, 0.2) is 16.6 Å². The molecule has 0 spiro atoms. The highest BCUT2D eigenvalue weighted by Gasteiger charge is 2.20. The minimum absolute atomic E-state index is 0.352. The lowest BCUT2D eigenvalue weighted by Gasteiger charge is -2.21. The van der Waals surface area contributed by atoms with Crippen molar-refractivity contribution in [2.45, 2.75) is 25.8 Å². The number of hydrogen-bond acceptors (Lipinski definition) is 6. The van der Waals surface area contributed by atoms with Gasteiger partial charge >= 0.3 is 0 Å². The maximum atomic E-state index is 6.28. The van der Waals surface area contributed by atoms with Gasteiger partial charge in [0.2, 0.25) is 0 Å². The topological polar surface area (TPSA) is 69.4 Å². The summed E-state index contributed by atoms with van der Waals surface area (Å²) in [6.45, 7) is 4.02. The number of nitrogens with two attached hydrogens (primary N) is 1. The Balaban J connectivity index is 1.99. The second-order valence-electron chi connectivity index (χ2n) is 7.06. The van der Waals surface area contributed by atoms with Crippen LogP contribution in [0.3, 0.4) is 0 Å². The fourth-order valence-corrected chi connectivity index (χ4v) is 3.63. The van der Waals surface area contributed by atoms with Gasteiger partial charge in [-0.3, -0.25) is 0 Å². The molecule has 1 heterocycles. The van der Waals surface area contributed by atoms with Crippen molar-refractivity contribution in [3.8, 4) is 22.8 Å². The summed E-state index contributed by atoms with van der Waals surface area (Å²) in [5.41, 5.74) is 9.91. The summed E-state index contributed by atoms with van der Waals surface area (Å²) >= 11 is 1.56. The standard InChI is InChI=1S/C21H25N3O2S/c1-21(2,22)12-14-10-18(25-3)19(26-4)11-16(14)17-13-27-20(24-17)23-15-8-6-5-7-9-15/h5-11,13H,12,22H2,1-4H3,(H,23,24). The van der Waals surface area contributed by atoms with E-state index in [0.717, 1.165) is 27.6 Å². The van der Waals surface area contributed by atoms with Crippen molar-refractivity contribution in [3.05, 3.63) is 53.4 Å². The van der Waals surface area contributed by atoms with Crippen LogP contribution in [0.4, 0.5) is 10.8 Å². The van der Waals surface area contributed by atoms with Gasteiger partial charge in [-0.15, -0.1) is 11.3 Å². The largest absolute Gasteiger partial charge is 0.493 e. The molecule has 3 rings (SSSR count). The first-order chi connectivity index (χ1) is 12.9. The molecule has 0 amide bonds. The Hall–Kier alpha value is -2.57. The van der Waals surface area contributed by atoms with Crippen LogP contribution < -0.4 is 20.5 Å². The average Bonchev–Trinajstić information content (AvgIpc) is 3.09. The van der Waals surface area contributed by atoms with Crippen molar-refractivity contribution in [1.82, 2.24) is 4.98 Å². The highest BCUT2D eigenvalue weighted by atomic mass is 32.1. The first kappa shape index (κ1) is 19.2. The predicted molar refractivity (Wildman–Crippen MR) is 112 cm³/mol. The molecular formula is C21H25N3O2S. The Morgan fingerprint density at radius 1 is 1.07 bits per heavy atom. The fourth-order valence-electron chi connectivity index (χ4n) is 2.90. The van der Waals surface area contributed by atoms with Gasteiger partial charge in [0.1, 0.15) is 0 Å². The van der Waals surface area contributed by atoms with Crippen LogP contribution in [0.25, 0.3) is 11.3 Å². The SMILES string of the molecule is COc1cc(CC(C)(C)N)c(-c2csc(Nc3ccccc3)n2)cc1OC. The molecule has 1 aromatic heterocycles. The molecule has 0 unspecified atom stereocenters. The van der Waals surface area contributed by atoms with Crippen molar-refractivity contribution >= 4 is 22.2 Å². The van der Waals surface area contributed by atoms with E-state index in [1.54, 1.807) is 25.6 Å². The van der Waals surface area contributed by atoms with Crippen LogP contribution in [0.15, 0.2) is 47.8 Å². The highest BCUT2D eigenvalue weighted by molar-refractivity contribution is 7.14. The van der Waals surface area contributed by atoms with Gasteiger partial charge in [-0.25, -0.2) is 4.98 Å². The van der Waals surface area contributed by atoms with Crippen molar-refractivity contribution in [1.29, 1.82) is 0 Å². The summed E-state index contributed by atoms with van der Waals surface area (Å²) in [5, 5.41) is 6.22. The third-order valence-electron chi connectivity index (χ3n) is 4.06. The third kappa shape index (κ3) is 4.78. The molecule has 0 radical (unpaired) electrons. The van der Waals surface area contributed by atoms with E-state index in [0.29, 0.717) is 17.9 Å². The first-order valence-corrected chi connectivity index (χ1v) is 9.59. The zero-order valence-electron chi connectivity index (χ0n) is 16.1. The number of benzene rings is 2. The molecule has 142 valence electrons. The van der Waals surface area contributed by atoms with E-state index in [-0.39, 0.29) is 5.54 Å². The van der Waals surface area contributed by atoms with Gasteiger partial charge in [-0.05, 0) is 50.1 Å². The smallest absolute Gasteiger partial charge is 0.187 e. The average molecular weight is 384 g/mol. The second-order valence-corrected chi connectivity index (χ2v) is 7.92. The van der Waals surface area contributed by atoms with Crippen molar-refractivity contribution in [3.63, 3.8) is 0 Å². The van der Waals surface area contributed by atoms with Gasteiger partial charge in [0.25, 0.3) is 0 Å². The Morgan fingerprint density at radius 2 is 1.74 bits per heavy atom. The molecule has 6 heteroatoms. The van der Waals surface area contributed by atoms with E-state index in [9.17, 15) is 0 Å². The number of anilines is 2. The normalized spacial score (nSPS) is 11.3. The molecule has 0 saturated heterocycles. The Labute approximate surface area is 164 Å². The number of hydrogen-bond donors (Lipinski definition) is 2. The molecule has 0 aliphatic rings. The van der Waals surface area contributed by atoms with E-state index < -0.39 is 0 Å². The summed E-state index contributed by atoms with van der Waals surface area (Å²) in [6, 6.07) is 14.0. The van der Waals surface area contributed by atoms with E-state index in [1.807, 2.05) is 61.7 Å². The molecule has 5 nitrogen and oxygen atoms in total. The molecule has 3 N–H and O–H groups in total. The first-order valence-electron chi connectivity index (χ1n) is 8.71. The molecule has 0 saturated carbocycles. The van der Waals surface area contributed by atoms with Crippen molar-refractivity contribution in [2.24, 2.45) is 5.73 Å². The Morgan fingerprint density at radius 3 is 2.37 bits per heavy atom. The Kier molecular flexibility index (Phi) is 5.68. The van der Waals surface area contributed by atoms with Crippen molar-refractivity contribution in [2.75, 3.05) is 19.5 Å². The van der Waals surface area contributed by atoms with Crippen LogP contribution in [0.2, 0.25) is 0 Å². The zero-order valence-corrected chi connectivity index (χ0v) is 16.9. The van der Waals surface area contributed by atoms with Gasteiger partial charge in [0.05, 0.1) is 19.9 Å². The van der Waals surface area contributed by atoms with E-state index in [1.165, 1.54) is 0 Å². The number of ether oxygens (including phenoxy) is 2. The molecule has 27 heavy (non-hydrogen) atoms. The number of nitrogens with zero attached hydrogens (tertiary/aromatic N) is 1. The molecular weight excluding hydrogens is 358 g/mol. The number of rotatable bonds is 7. The van der Waals surface area contributed by atoms with Gasteiger partial charge in [0, 0.05) is 22.2 Å². The summed E-state index contributed by atoms with van der Waals surface area (Å²) in [5.74, 6) is 1.37. The third-order valence-corrected chi connectivity index (χ3v) is 4.82. The number of para-hydroxylation sites is 1. The van der Waals surface area contributed by atoms with Crippen LogP contribution in [0, 0.1) is 0 Å². The Bertz CT molecular complexity index is 902. The van der Waals surface area contributed by atoms with E-state index in [2.05, 4.69) is 5.32 Å². The minimum Gasteiger partial charge on any atom is -0.493 e. The monoisotopic (exact) mass is 383 g/mol. The molecule has 0 aliphatic carbocycles. The molecule has 0 aliphatic heterocycles. The van der Waals surface area contributed by atoms with Gasteiger partial charge < -0.3 is 20.5 Å². The molecule has 0 fully saturated rings. The summed E-state index contributed by atoms with van der Waals surface area (Å²) < 4.78 is 11.0. The van der Waals surface area contributed by atoms with Gasteiger partial charge in [-0.1, -0.05) is 18.2 Å². The predicted octanol–water partition coefficient (Wildman–Crippen LogP) is 4.85. The number of nitrogens with one attached hydrogen (secondary N) is 1. The lowest BCUT2D eigenvalue weighted by molar-refractivity contribution is 0.354. The molecule has 2 aromatic carbocycles.